The smallest absolute Gasteiger partial charge is 0.0801 e. The molecular formula is C12H25NO. The average molecular weight is 199 g/mol. The molecule has 14 heavy (non-hydrogen) atoms. The standard InChI is InChI=1S/C12H25NO/c1-6-12(7-2)9-13-10(8-14-12)11(3,4)5/h10,13H,6-9H2,1-5H3. The Morgan fingerprint density at radius 1 is 1.29 bits per heavy atom. The Labute approximate surface area is 88.4 Å². The molecule has 0 bridgehead atoms. The minimum absolute atomic E-state index is 0.0990. The van der Waals surface area contributed by atoms with Crippen LogP contribution in [-0.2, 0) is 4.74 Å². The van der Waals surface area contributed by atoms with Crippen molar-refractivity contribution in [1.29, 1.82) is 0 Å². The second kappa shape index (κ2) is 4.19. The van der Waals surface area contributed by atoms with Gasteiger partial charge in [-0.15, -0.1) is 0 Å². The van der Waals surface area contributed by atoms with Gasteiger partial charge >= 0.3 is 0 Å². The Bertz CT molecular complexity index is 169. The highest BCUT2D eigenvalue weighted by Crippen LogP contribution is 2.28. The summed E-state index contributed by atoms with van der Waals surface area (Å²) >= 11 is 0. The van der Waals surface area contributed by atoms with Gasteiger partial charge in [-0.3, -0.25) is 0 Å². The zero-order valence-corrected chi connectivity index (χ0v) is 10.3. The molecule has 84 valence electrons. The third kappa shape index (κ3) is 2.48. The average Bonchev–Trinajstić information content (AvgIpc) is 2.16. The molecule has 1 N–H and O–H groups in total. The second-order valence-electron chi connectivity index (χ2n) is 5.50. The fourth-order valence-electron chi connectivity index (χ4n) is 1.94. The molecule has 1 saturated heterocycles. The molecule has 0 aliphatic carbocycles. The van der Waals surface area contributed by atoms with Crippen LogP contribution in [-0.4, -0.2) is 24.8 Å². The van der Waals surface area contributed by atoms with Gasteiger partial charge in [0.25, 0.3) is 0 Å². The molecule has 2 nitrogen and oxygen atoms in total. The summed E-state index contributed by atoms with van der Waals surface area (Å²) in [7, 11) is 0. The van der Waals surface area contributed by atoms with E-state index in [1.807, 2.05) is 0 Å². The van der Waals surface area contributed by atoms with Crippen molar-refractivity contribution in [1.82, 2.24) is 5.32 Å². The minimum Gasteiger partial charge on any atom is -0.372 e. The van der Waals surface area contributed by atoms with E-state index in [2.05, 4.69) is 39.9 Å². The Balaban J connectivity index is 2.53. The van der Waals surface area contributed by atoms with Crippen LogP contribution in [0.25, 0.3) is 0 Å². The van der Waals surface area contributed by atoms with E-state index >= 15 is 0 Å². The summed E-state index contributed by atoms with van der Waals surface area (Å²) in [6.07, 6.45) is 2.21. The van der Waals surface area contributed by atoms with Crippen LogP contribution in [0.5, 0.6) is 0 Å². The number of nitrogens with one attached hydrogen (secondary N) is 1. The molecule has 1 aliphatic heterocycles. The molecule has 0 saturated carbocycles. The molecule has 1 atom stereocenters. The predicted octanol–water partition coefficient (Wildman–Crippen LogP) is 2.58. The lowest BCUT2D eigenvalue weighted by Gasteiger charge is -2.44. The first-order valence-electron chi connectivity index (χ1n) is 5.81. The van der Waals surface area contributed by atoms with Gasteiger partial charge in [-0.05, 0) is 18.3 Å². The molecular weight excluding hydrogens is 174 g/mol. The topological polar surface area (TPSA) is 21.3 Å². The number of hydrogen-bond donors (Lipinski definition) is 1. The van der Waals surface area contributed by atoms with Gasteiger partial charge in [0, 0.05) is 12.6 Å². The highest BCUT2D eigenvalue weighted by atomic mass is 16.5. The second-order valence-corrected chi connectivity index (χ2v) is 5.50. The molecule has 1 rings (SSSR count). The summed E-state index contributed by atoms with van der Waals surface area (Å²) in [5.41, 5.74) is 0.398. The quantitative estimate of drug-likeness (QED) is 0.738. The van der Waals surface area contributed by atoms with Crippen LogP contribution in [0.15, 0.2) is 0 Å². The van der Waals surface area contributed by atoms with Gasteiger partial charge in [0.2, 0.25) is 0 Å². The Morgan fingerprint density at radius 2 is 1.86 bits per heavy atom. The lowest BCUT2D eigenvalue weighted by atomic mass is 9.84. The van der Waals surface area contributed by atoms with E-state index in [0.717, 1.165) is 26.0 Å². The highest BCUT2D eigenvalue weighted by molar-refractivity contribution is 4.91. The number of rotatable bonds is 2. The van der Waals surface area contributed by atoms with Gasteiger partial charge < -0.3 is 10.1 Å². The zero-order chi connectivity index (χ0) is 10.8. The molecule has 1 unspecified atom stereocenters. The molecule has 0 spiro atoms. The molecule has 1 aliphatic rings. The number of morpholine rings is 1. The lowest BCUT2D eigenvalue weighted by Crippen LogP contribution is -2.57. The van der Waals surface area contributed by atoms with E-state index in [4.69, 9.17) is 4.74 Å². The molecule has 2 heteroatoms. The molecule has 1 heterocycles. The van der Waals surface area contributed by atoms with E-state index < -0.39 is 0 Å². The molecule has 0 aromatic heterocycles. The van der Waals surface area contributed by atoms with Crippen molar-refractivity contribution in [2.75, 3.05) is 13.2 Å². The third-order valence-corrected chi connectivity index (χ3v) is 3.56. The summed E-state index contributed by atoms with van der Waals surface area (Å²) in [4.78, 5) is 0. The van der Waals surface area contributed by atoms with Crippen molar-refractivity contribution in [2.24, 2.45) is 5.41 Å². The fraction of sp³-hybridized carbons (Fsp3) is 1.00. The van der Waals surface area contributed by atoms with Crippen molar-refractivity contribution in [3.05, 3.63) is 0 Å². The zero-order valence-electron chi connectivity index (χ0n) is 10.3. The predicted molar refractivity (Wildman–Crippen MR) is 60.5 cm³/mol. The van der Waals surface area contributed by atoms with E-state index in [-0.39, 0.29) is 5.60 Å². The maximum atomic E-state index is 6.04. The van der Waals surface area contributed by atoms with Crippen LogP contribution in [0.4, 0.5) is 0 Å². The van der Waals surface area contributed by atoms with E-state index in [9.17, 15) is 0 Å². The first-order chi connectivity index (χ1) is 6.43. The number of ether oxygens (including phenoxy) is 1. The van der Waals surface area contributed by atoms with Crippen molar-refractivity contribution in [3.8, 4) is 0 Å². The SMILES string of the molecule is CCC1(CC)CNC(C(C)(C)C)CO1. The fourth-order valence-corrected chi connectivity index (χ4v) is 1.94. The van der Waals surface area contributed by atoms with Crippen molar-refractivity contribution in [2.45, 2.75) is 59.1 Å². The summed E-state index contributed by atoms with van der Waals surface area (Å²) in [6.45, 7) is 13.1. The van der Waals surface area contributed by atoms with Crippen molar-refractivity contribution >= 4 is 0 Å². The van der Waals surface area contributed by atoms with Gasteiger partial charge in [-0.1, -0.05) is 34.6 Å². The summed E-state index contributed by atoms with van der Waals surface area (Å²) in [6, 6.07) is 0.494. The summed E-state index contributed by atoms with van der Waals surface area (Å²) < 4.78 is 6.04. The van der Waals surface area contributed by atoms with Gasteiger partial charge in [-0.25, -0.2) is 0 Å². The van der Waals surface area contributed by atoms with Crippen molar-refractivity contribution < 1.29 is 4.74 Å². The van der Waals surface area contributed by atoms with E-state index in [1.54, 1.807) is 0 Å². The van der Waals surface area contributed by atoms with Gasteiger partial charge in [0.1, 0.15) is 0 Å². The Hall–Kier alpha value is -0.0800. The van der Waals surface area contributed by atoms with Crippen LogP contribution >= 0.6 is 0 Å². The molecule has 0 amide bonds. The monoisotopic (exact) mass is 199 g/mol. The molecule has 1 fully saturated rings. The van der Waals surface area contributed by atoms with Crippen LogP contribution in [0.1, 0.15) is 47.5 Å². The van der Waals surface area contributed by atoms with Crippen molar-refractivity contribution in [3.63, 3.8) is 0 Å². The van der Waals surface area contributed by atoms with Gasteiger partial charge in [-0.2, -0.15) is 0 Å². The van der Waals surface area contributed by atoms with Crippen LogP contribution < -0.4 is 5.32 Å². The molecule has 0 radical (unpaired) electrons. The summed E-state index contributed by atoms with van der Waals surface area (Å²) in [5.74, 6) is 0. The lowest BCUT2D eigenvalue weighted by molar-refractivity contribution is -0.102. The normalized spacial score (nSPS) is 27.6. The first kappa shape index (κ1) is 12.0. The van der Waals surface area contributed by atoms with Crippen LogP contribution in [0, 0.1) is 5.41 Å². The van der Waals surface area contributed by atoms with E-state index in [1.165, 1.54) is 0 Å². The van der Waals surface area contributed by atoms with Crippen LogP contribution in [0.3, 0.4) is 0 Å². The third-order valence-electron chi connectivity index (χ3n) is 3.56. The Morgan fingerprint density at radius 3 is 2.14 bits per heavy atom. The first-order valence-corrected chi connectivity index (χ1v) is 5.81. The van der Waals surface area contributed by atoms with Gasteiger partial charge in [0.05, 0.1) is 12.2 Å². The largest absolute Gasteiger partial charge is 0.372 e. The maximum Gasteiger partial charge on any atom is 0.0801 e. The van der Waals surface area contributed by atoms with Gasteiger partial charge in [0.15, 0.2) is 0 Å². The van der Waals surface area contributed by atoms with E-state index in [0.29, 0.717) is 11.5 Å². The van der Waals surface area contributed by atoms with Crippen LogP contribution in [0.2, 0.25) is 0 Å². The highest BCUT2D eigenvalue weighted by Gasteiger charge is 2.36. The maximum absolute atomic E-state index is 6.04. The molecule has 0 aromatic carbocycles. The summed E-state index contributed by atoms with van der Waals surface area (Å²) in [5, 5.41) is 3.63. The minimum atomic E-state index is 0.0990. The number of hydrogen-bond acceptors (Lipinski definition) is 2. The molecule has 0 aromatic rings. The Kier molecular flexibility index (Phi) is 3.59.